The Labute approximate surface area is 61.8 Å². The lowest BCUT2D eigenvalue weighted by atomic mass is 10.2. The highest BCUT2D eigenvalue weighted by Gasteiger charge is 1.86. The van der Waals surface area contributed by atoms with Crippen molar-refractivity contribution in [2.45, 2.75) is 25.7 Å². The standard InChI is InChI=1S/C7H16OS/c1-9-7-5-3-2-4-6-8/h8H,2-7H2,1H3. The summed E-state index contributed by atoms with van der Waals surface area (Å²) in [6, 6.07) is 0. The molecule has 0 aromatic rings. The molecule has 0 aliphatic heterocycles. The van der Waals surface area contributed by atoms with E-state index < -0.39 is 0 Å². The van der Waals surface area contributed by atoms with Gasteiger partial charge in [0.1, 0.15) is 0 Å². The maximum absolute atomic E-state index is 8.42. The molecule has 0 rings (SSSR count). The smallest absolute Gasteiger partial charge is 0.0431 e. The molecule has 0 heterocycles. The van der Waals surface area contributed by atoms with Crippen LogP contribution in [0.2, 0.25) is 0 Å². The van der Waals surface area contributed by atoms with Gasteiger partial charge in [-0.25, -0.2) is 0 Å². The third kappa shape index (κ3) is 8.31. The van der Waals surface area contributed by atoms with E-state index in [9.17, 15) is 0 Å². The summed E-state index contributed by atoms with van der Waals surface area (Å²) < 4.78 is 0. The second-order valence-electron chi connectivity index (χ2n) is 2.13. The van der Waals surface area contributed by atoms with Crippen molar-refractivity contribution in [1.82, 2.24) is 0 Å². The lowest BCUT2D eigenvalue weighted by Gasteiger charge is -1.95. The molecule has 0 aromatic heterocycles. The van der Waals surface area contributed by atoms with Gasteiger partial charge in [-0.15, -0.1) is 0 Å². The van der Waals surface area contributed by atoms with Crippen molar-refractivity contribution in [2.24, 2.45) is 0 Å². The molecule has 9 heavy (non-hydrogen) atoms. The Bertz CT molecular complexity index is 42.2. The van der Waals surface area contributed by atoms with Crippen LogP contribution in [-0.4, -0.2) is 23.7 Å². The van der Waals surface area contributed by atoms with Gasteiger partial charge in [0.2, 0.25) is 0 Å². The molecule has 0 bridgehead atoms. The Morgan fingerprint density at radius 1 is 1.11 bits per heavy atom. The summed E-state index contributed by atoms with van der Waals surface area (Å²) in [5.41, 5.74) is 0. The third-order valence-corrected chi connectivity index (χ3v) is 1.95. The fraction of sp³-hybridized carbons (Fsp3) is 1.00. The lowest BCUT2D eigenvalue weighted by Crippen LogP contribution is -1.84. The quantitative estimate of drug-likeness (QED) is 0.581. The number of aliphatic hydroxyl groups excluding tert-OH is 1. The summed E-state index contributed by atoms with van der Waals surface area (Å²) in [6.07, 6.45) is 6.89. The first-order valence-electron chi connectivity index (χ1n) is 3.51. The number of hydrogen-bond acceptors (Lipinski definition) is 2. The molecule has 0 spiro atoms. The van der Waals surface area contributed by atoms with Gasteiger partial charge in [-0.3, -0.25) is 0 Å². The Morgan fingerprint density at radius 2 is 1.78 bits per heavy atom. The predicted octanol–water partition coefficient (Wildman–Crippen LogP) is 1.90. The highest BCUT2D eigenvalue weighted by atomic mass is 32.2. The Morgan fingerprint density at radius 3 is 2.33 bits per heavy atom. The van der Waals surface area contributed by atoms with E-state index in [1.54, 1.807) is 0 Å². The van der Waals surface area contributed by atoms with Gasteiger partial charge < -0.3 is 5.11 Å². The molecular formula is C7H16OS. The van der Waals surface area contributed by atoms with Crippen LogP contribution < -0.4 is 0 Å². The van der Waals surface area contributed by atoms with Crippen LogP contribution in [0.1, 0.15) is 25.7 Å². The van der Waals surface area contributed by atoms with Crippen LogP contribution in [0.15, 0.2) is 0 Å². The zero-order chi connectivity index (χ0) is 6.95. The van der Waals surface area contributed by atoms with Gasteiger partial charge in [0.05, 0.1) is 0 Å². The summed E-state index contributed by atoms with van der Waals surface area (Å²) >= 11 is 1.90. The van der Waals surface area contributed by atoms with E-state index in [-0.39, 0.29) is 0 Å². The van der Waals surface area contributed by atoms with Crippen molar-refractivity contribution in [2.75, 3.05) is 18.6 Å². The lowest BCUT2D eigenvalue weighted by molar-refractivity contribution is 0.283. The average molecular weight is 148 g/mol. The maximum Gasteiger partial charge on any atom is 0.0431 e. The summed E-state index contributed by atoms with van der Waals surface area (Å²) in [5, 5.41) is 8.42. The van der Waals surface area contributed by atoms with Gasteiger partial charge in [-0.2, -0.15) is 11.8 Å². The van der Waals surface area contributed by atoms with Crippen molar-refractivity contribution < 1.29 is 5.11 Å². The molecule has 1 nitrogen and oxygen atoms in total. The molecule has 0 saturated heterocycles. The van der Waals surface area contributed by atoms with Gasteiger partial charge in [-0.1, -0.05) is 12.8 Å². The fourth-order valence-electron chi connectivity index (χ4n) is 0.712. The molecule has 0 aliphatic rings. The van der Waals surface area contributed by atoms with Crippen molar-refractivity contribution in [3.8, 4) is 0 Å². The first kappa shape index (κ1) is 9.31. The minimum absolute atomic E-state index is 0.360. The second kappa shape index (κ2) is 8.31. The highest BCUT2D eigenvalue weighted by molar-refractivity contribution is 7.98. The monoisotopic (exact) mass is 148 g/mol. The van der Waals surface area contributed by atoms with E-state index in [1.807, 2.05) is 11.8 Å². The molecular weight excluding hydrogens is 132 g/mol. The van der Waals surface area contributed by atoms with Gasteiger partial charge >= 0.3 is 0 Å². The van der Waals surface area contributed by atoms with Crippen LogP contribution in [0.5, 0.6) is 0 Å². The molecule has 0 aromatic carbocycles. The SMILES string of the molecule is CSCCCCCCO. The topological polar surface area (TPSA) is 20.2 Å². The maximum atomic E-state index is 8.42. The van der Waals surface area contributed by atoms with Crippen LogP contribution >= 0.6 is 11.8 Å². The van der Waals surface area contributed by atoms with Crippen molar-refractivity contribution in [3.05, 3.63) is 0 Å². The molecule has 0 radical (unpaired) electrons. The molecule has 2 heteroatoms. The van der Waals surface area contributed by atoms with Gasteiger partial charge in [0.25, 0.3) is 0 Å². The van der Waals surface area contributed by atoms with Crippen LogP contribution in [0.4, 0.5) is 0 Å². The van der Waals surface area contributed by atoms with E-state index in [1.165, 1.54) is 25.0 Å². The molecule has 0 saturated carbocycles. The summed E-state index contributed by atoms with van der Waals surface area (Å²) in [7, 11) is 0. The summed E-state index contributed by atoms with van der Waals surface area (Å²) in [4.78, 5) is 0. The number of thioether (sulfide) groups is 1. The molecule has 1 N–H and O–H groups in total. The molecule has 56 valence electrons. The summed E-state index contributed by atoms with van der Waals surface area (Å²) in [6.45, 7) is 0.360. The van der Waals surface area contributed by atoms with Crippen LogP contribution in [-0.2, 0) is 0 Å². The molecule has 0 amide bonds. The van der Waals surface area contributed by atoms with Crippen LogP contribution in [0.3, 0.4) is 0 Å². The molecule has 0 fully saturated rings. The largest absolute Gasteiger partial charge is 0.396 e. The Kier molecular flexibility index (Phi) is 8.60. The Balaban J connectivity index is 2.60. The van der Waals surface area contributed by atoms with Gasteiger partial charge in [-0.05, 0) is 24.9 Å². The Hall–Kier alpha value is 0.310. The van der Waals surface area contributed by atoms with E-state index in [2.05, 4.69) is 6.26 Å². The van der Waals surface area contributed by atoms with Crippen molar-refractivity contribution >= 4 is 11.8 Å². The highest BCUT2D eigenvalue weighted by Crippen LogP contribution is 2.03. The minimum atomic E-state index is 0.360. The molecule has 0 atom stereocenters. The second-order valence-corrected chi connectivity index (χ2v) is 3.12. The first-order chi connectivity index (χ1) is 4.41. The van der Waals surface area contributed by atoms with E-state index in [0.717, 1.165) is 6.42 Å². The van der Waals surface area contributed by atoms with Gasteiger partial charge in [0.15, 0.2) is 0 Å². The predicted molar refractivity (Wildman–Crippen MR) is 43.9 cm³/mol. The number of unbranched alkanes of at least 4 members (excludes halogenated alkanes) is 3. The minimum Gasteiger partial charge on any atom is -0.396 e. The third-order valence-electron chi connectivity index (χ3n) is 1.26. The summed E-state index contributed by atoms with van der Waals surface area (Å²) in [5.74, 6) is 1.27. The fourth-order valence-corrected chi connectivity index (χ4v) is 1.20. The normalized spacial score (nSPS) is 10.0. The first-order valence-corrected chi connectivity index (χ1v) is 4.91. The number of aliphatic hydroxyl groups is 1. The zero-order valence-corrected chi connectivity index (χ0v) is 6.91. The van der Waals surface area contributed by atoms with Crippen LogP contribution in [0.25, 0.3) is 0 Å². The molecule has 0 unspecified atom stereocenters. The van der Waals surface area contributed by atoms with E-state index in [0.29, 0.717) is 6.61 Å². The van der Waals surface area contributed by atoms with E-state index in [4.69, 9.17) is 5.11 Å². The zero-order valence-electron chi connectivity index (χ0n) is 6.10. The van der Waals surface area contributed by atoms with Crippen molar-refractivity contribution in [1.29, 1.82) is 0 Å². The number of rotatable bonds is 6. The molecule has 0 aliphatic carbocycles. The van der Waals surface area contributed by atoms with E-state index >= 15 is 0 Å². The van der Waals surface area contributed by atoms with Gasteiger partial charge in [0, 0.05) is 6.61 Å². The van der Waals surface area contributed by atoms with Crippen molar-refractivity contribution in [3.63, 3.8) is 0 Å². The average Bonchev–Trinajstić information content (AvgIpc) is 1.89. The number of hydrogen-bond donors (Lipinski definition) is 1. The van der Waals surface area contributed by atoms with Crippen LogP contribution in [0, 0.1) is 0 Å².